The van der Waals surface area contributed by atoms with E-state index in [1.165, 1.54) is 11.8 Å². The van der Waals surface area contributed by atoms with Crippen molar-refractivity contribution < 1.29 is 9.59 Å². The molecule has 1 amide bonds. The third kappa shape index (κ3) is 2.89. The van der Waals surface area contributed by atoms with Crippen molar-refractivity contribution in [2.75, 3.05) is 11.9 Å². The molecule has 1 rings (SSSR count). The number of rotatable bonds is 3. The molecule has 0 saturated carbocycles. The highest BCUT2D eigenvalue weighted by atomic mass is 79.9. The van der Waals surface area contributed by atoms with Crippen molar-refractivity contribution in [1.29, 1.82) is 0 Å². The van der Waals surface area contributed by atoms with Crippen LogP contribution in [0.4, 0.5) is 5.69 Å². The van der Waals surface area contributed by atoms with E-state index in [0.29, 0.717) is 0 Å². The van der Waals surface area contributed by atoms with E-state index in [0.717, 1.165) is 5.69 Å². The van der Waals surface area contributed by atoms with Gasteiger partial charge in [-0.2, -0.15) is 0 Å². The first-order chi connectivity index (χ1) is 7.04. The van der Waals surface area contributed by atoms with Crippen LogP contribution < -0.4 is 4.90 Å². The molecule has 0 aromatic heterocycles. The second-order valence-corrected chi connectivity index (χ2v) is 4.12. The van der Waals surface area contributed by atoms with Crippen molar-refractivity contribution in [3.63, 3.8) is 0 Å². The summed E-state index contributed by atoms with van der Waals surface area (Å²) in [6.45, 7) is 1.39. The van der Waals surface area contributed by atoms with Crippen LogP contribution >= 0.6 is 15.9 Å². The molecule has 0 aliphatic carbocycles. The van der Waals surface area contributed by atoms with Gasteiger partial charge in [0, 0.05) is 12.7 Å². The van der Waals surface area contributed by atoms with Gasteiger partial charge in [-0.3, -0.25) is 9.59 Å². The molecule has 1 aromatic rings. The largest absolute Gasteiger partial charge is 0.314 e. The maximum Gasteiger partial charge on any atom is 0.248 e. The lowest BCUT2D eigenvalue weighted by atomic mass is 10.2. The SMILES string of the molecule is CC(=O)C(Br)C(=O)N(C)c1ccccc1. The maximum atomic E-state index is 11.7. The van der Waals surface area contributed by atoms with Gasteiger partial charge >= 0.3 is 0 Å². The number of halogens is 1. The number of ketones is 1. The molecule has 15 heavy (non-hydrogen) atoms. The molecular weight excluding hydrogens is 258 g/mol. The molecule has 0 heterocycles. The first-order valence-corrected chi connectivity index (χ1v) is 5.42. The average molecular weight is 270 g/mol. The normalized spacial score (nSPS) is 11.9. The highest BCUT2D eigenvalue weighted by Crippen LogP contribution is 2.15. The van der Waals surface area contributed by atoms with Crippen LogP contribution in [0, 0.1) is 0 Å². The Hall–Kier alpha value is -1.16. The highest BCUT2D eigenvalue weighted by molar-refractivity contribution is 9.10. The summed E-state index contributed by atoms with van der Waals surface area (Å²) >= 11 is 3.06. The van der Waals surface area contributed by atoms with Crippen molar-refractivity contribution in [2.24, 2.45) is 0 Å². The van der Waals surface area contributed by atoms with E-state index in [9.17, 15) is 9.59 Å². The molecule has 1 unspecified atom stereocenters. The number of hydrogen-bond acceptors (Lipinski definition) is 2. The fourth-order valence-corrected chi connectivity index (χ4v) is 1.43. The number of alkyl halides is 1. The molecule has 1 atom stereocenters. The van der Waals surface area contributed by atoms with Gasteiger partial charge in [-0.15, -0.1) is 0 Å². The molecule has 0 aliphatic rings. The van der Waals surface area contributed by atoms with Gasteiger partial charge in [0.15, 0.2) is 10.6 Å². The Labute approximate surface area is 97.2 Å². The number of para-hydroxylation sites is 1. The number of carbonyl (C=O) groups is 2. The van der Waals surface area contributed by atoms with Crippen LogP contribution in [0.3, 0.4) is 0 Å². The van der Waals surface area contributed by atoms with E-state index < -0.39 is 4.83 Å². The van der Waals surface area contributed by atoms with Gasteiger partial charge in [-0.25, -0.2) is 0 Å². The van der Waals surface area contributed by atoms with E-state index in [1.807, 2.05) is 30.3 Å². The molecule has 0 N–H and O–H groups in total. The van der Waals surface area contributed by atoms with Gasteiger partial charge in [0.25, 0.3) is 0 Å². The molecule has 1 aromatic carbocycles. The monoisotopic (exact) mass is 269 g/mol. The molecule has 0 bridgehead atoms. The molecular formula is C11H12BrNO2. The third-order valence-corrected chi connectivity index (χ3v) is 3.08. The van der Waals surface area contributed by atoms with Crippen LogP contribution in [0.2, 0.25) is 0 Å². The molecule has 3 nitrogen and oxygen atoms in total. The second-order valence-electron chi connectivity index (χ2n) is 3.21. The maximum absolute atomic E-state index is 11.7. The number of amides is 1. The molecule has 0 saturated heterocycles. The summed E-state index contributed by atoms with van der Waals surface area (Å²) in [4.78, 5) is 23.5. The fourth-order valence-electron chi connectivity index (χ4n) is 1.12. The summed E-state index contributed by atoms with van der Waals surface area (Å²) in [5, 5.41) is 0. The Morgan fingerprint density at radius 3 is 2.27 bits per heavy atom. The van der Waals surface area contributed by atoms with Gasteiger partial charge in [-0.05, 0) is 19.1 Å². The quantitative estimate of drug-likeness (QED) is 0.622. The van der Waals surface area contributed by atoms with Crippen molar-refractivity contribution in [1.82, 2.24) is 0 Å². The van der Waals surface area contributed by atoms with Crippen LogP contribution in [0.15, 0.2) is 30.3 Å². The summed E-state index contributed by atoms with van der Waals surface area (Å²) in [6.07, 6.45) is 0. The molecule has 80 valence electrons. The zero-order valence-electron chi connectivity index (χ0n) is 8.61. The Morgan fingerprint density at radius 1 is 1.27 bits per heavy atom. The second kappa shape index (κ2) is 5.07. The molecule has 0 fully saturated rings. The fraction of sp³-hybridized carbons (Fsp3) is 0.273. The predicted octanol–water partition coefficient (Wildman–Crippen LogP) is 2.00. The lowest BCUT2D eigenvalue weighted by Gasteiger charge is -2.19. The number of hydrogen-bond donors (Lipinski definition) is 0. The van der Waals surface area contributed by atoms with Crippen LogP contribution in [-0.2, 0) is 9.59 Å². The minimum absolute atomic E-state index is 0.192. The minimum Gasteiger partial charge on any atom is -0.314 e. The predicted molar refractivity (Wildman–Crippen MR) is 63.2 cm³/mol. The first kappa shape index (κ1) is 11.9. The van der Waals surface area contributed by atoms with Gasteiger partial charge < -0.3 is 4.90 Å². The molecule has 0 spiro atoms. The van der Waals surface area contributed by atoms with Gasteiger partial charge in [-0.1, -0.05) is 34.1 Å². The zero-order chi connectivity index (χ0) is 11.4. The number of nitrogens with zero attached hydrogens (tertiary/aromatic N) is 1. The Kier molecular flexibility index (Phi) is 4.03. The van der Waals surface area contributed by atoms with Crippen molar-refractivity contribution in [3.05, 3.63) is 30.3 Å². The Bertz CT molecular complexity index is 364. The number of carbonyl (C=O) groups excluding carboxylic acids is 2. The van der Waals surface area contributed by atoms with E-state index in [4.69, 9.17) is 0 Å². The van der Waals surface area contributed by atoms with Gasteiger partial charge in [0.05, 0.1) is 0 Å². The van der Waals surface area contributed by atoms with Crippen LogP contribution in [0.25, 0.3) is 0 Å². The van der Waals surface area contributed by atoms with Gasteiger partial charge in [0.1, 0.15) is 0 Å². The summed E-state index contributed by atoms with van der Waals surface area (Å²) in [6, 6.07) is 9.19. The number of anilines is 1. The van der Waals surface area contributed by atoms with E-state index >= 15 is 0 Å². The molecule has 0 aliphatic heterocycles. The van der Waals surface area contributed by atoms with Crippen LogP contribution in [0.1, 0.15) is 6.92 Å². The first-order valence-electron chi connectivity index (χ1n) is 4.51. The summed E-state index contributed by atoms with van der Waals surface area (Å²) in [7, 11) is 1.65. The molecule has 0 radical (unpaired) electrons. The number of benzene rings is 1. The standard InChI is InChI=1S/C11H12BrNO2/c1-8(14)10(12)11(15)13(2)9-6-4-3-5-7-9/h3-7,10H,1-2H3. The van der Waals surface area contributed by atoms with Gasteiger partial charge in [0.2, 0.25) is 5.91 Å². The Balaban J connectivity index is 2.82. The van der Waals surface area contributed by atoms with E-state index in [1.54, 1.807) is 7.05 Å². The van der Waals surface area contributed by atoms with E-state index in [2.05, 4.69) is 15.9 Å². The Morgan fingerprint density at radius 2 is 1.80 bits per heavy atom. The minimum atomic E-state index is -0.761. The van der Waals surface area contributed by atoms with Crippen molar-refractivity contribution in [2.45, 2.75) is 11.8 Å². The smallest absolute Gasteiger partial charge is 0.248 e. The zero-order valence-corrected chi connectivity index (χ0v) is 10.2. The lowest BCUT2D eigenvalue weighted by Crippen LogP contribution is -2.36. The van der Waals surface area contributed by atoms with E-state index in [-0.39, 0.29) is 11.7 Å². The average Bonchev–Trinajstić information content (AvgIpc) is 2.27. The van der Waals surface area contributed by atoms with Crippen molar-refractivity contribution >= 4 is 33.3 Å². The highest BCUT2D eigenvalue weighted by Gasteiger charge is 2.23. The third-order valence-electron chi connectivity index (χ3n) is 2.05. The topological polar surface area (TPSA) is 37.4 Å². The summed E-state index contributed by atoms with van der Waals surface area (Å²) in [5.41, 5.74) is 0.771. The summed E-state index contributed by atoms with van der Waals surface area (Å²) in [5.74, 6) is -0.448. The molecule has 4 heteroatoms. The lowest BCUT2D eigenvalue weighted by molar-refractivity contribution is -0.124. The van der Waals surface area contributed by atoms with Crippen LogP contribution in [0.5, 0.6) is 0 Å². The van der Waals surface area contributed by atoms with Crippen LogP contribution in [-0.4, -0.2) is 23.6 Å². The van der Waals surface area contributed by atoms with Crippen molar-refractivity contribution in [3.8, 4) is 0 Å². The summed E-state index contributed by atoms with van der Waals surface area (Å²) < 4.78 is 0. The number of Topliss-reactive ketones (excluding diaryl/α,β-unsaturated/α-hetero) is 1.